The fourth-order valence-corrected chi connectivity index (χ4v) is 3.27. The van der Waals surface area contributed by atoms with Gasteiger partial charge in [0, 0.05) is 6.04 Å². The van der Waals surface area contributed by atoms with Crippen LogP contribution in [0.2, 0.25) is 0 Å². The number of unbranched alkanes of at least 4 members (excludes halogenated alkanes) is 3. The van der Waals surface area contributed by atoms with Gasteiger partial charge in [0.2, 0.25) is 0 Å². The van der Waals surface area contributed by atoms with Gasteiger partial charge in [-0.15, -0.1) is 0 Å². The van der Waals surface area contributed by atoms with Crippen LogP contribution in [0.25, 0.3) is 0 Å². The highest BCUT2D eigenvalue weighted by Gasteiger charge is 2.31. The lowest BCUT2D eigenvalue weighted by Gasteiger charge is -2.19. The zero-order chi connectivity index (χ0) is 14.9. The van der Waals surface area contributed by atoms with E-state index in [1.54, 1.807) is 7.11 Å². The molecule has 3 heteroatoms. The van der Waals surface area contributed by atoms with E-state index in [0.717, 1.165) is 18.2 Å². The van der Waals surface area contributed by atoms with Crippen molar-refractivity contribution in [3.63, 3.8) is 0 Å². The summed E-state index contributed by atoms with van der Waals surface area (Å²) in [5.74, 6) is 3.10. The predicted octanol–water partition coefficient (Wildman–Crippen LogP) is 4.66. The first-order chi connectivity index (χ1) is 10.3. The molecule has 1 N–H and O–H groups in total. The van der Waals surface area contributed by atoms with Crippen molar-refractivity contribution in [3.05, 3.63) is 29.8 Å². The van der Waals surface area contributed by atoms with Crippen molar-refractivity contribution in [3.8, 4) is 5.75 Å². The maximum absolute atomic E-state index is 5.25. The summed E-state index contributed by atoms with van der Waals surface area (Å²) in [4.78, 5) is 0. The molecule has 0 saturated heterocycles. The van der Waals surface area contributed by atoms with E-state index in [0.29, 0.717) is 6.04 Å². The average Bonchev–Trinajstić information content (AvgIpc) is 3.35. The summed E-state index contributed by atoms with van der Waals surface area (Å²) < 4.78 is 5.25. The Balaban J connectivity index is 1.72. The number of hydrogen-bond donors (Lipinski definition) is 1. The first-order valence-electron chi connectivity index (χ1n) is 8.21. The van der Waals surface area contributed by atoms with Crippen LogP contribution in [0.4, 0.5) is 0 Å². The van der Waals surface area contributed by atoms with Gasteiger partial charge >= 0.3 is 0 Å². The number of benzene rings is 1. The SMILES string of the molecule is COc1ccc(C(NCCCCCCSC)C2CC2)cc1. The Labute approximate surface area is 134 Å². The minimum absolute atomic E-state index is 0.544. The molecule has 1 aliphatic carbocycles. The Kier molecular flexibility index (Phi) is 7.45. The van der Waals surface area contributed by atoms with Gasteiger partial charge in [-0.1, -0.05) is 25.0 Å². The van der Waals surface area contributed by atoms with Gasteiger partial charge in [0.25, 0.3) is 0 Å². The smallest absolute Gasteiger partial charge is 0.118 e. The minimum Gasteiger partial charge on any atom is -0.497 e. The molecule has 0 aromatic heterocycles. The lowest BCUT2D eigenvalue weighted by atomic mass is 10.0. The molecule has 0 spiro atoms. The molecule has 1 saturated carbocycles. The molecule has 1 aromatic rings. The van der Waals surface area contributed by atoms with Crippen LogP contribution in [0.5, 0.6) is 5.75 Å². The van der Waals surface area contributed by atoms with Crippen LogP contribution in [0.3, 0.4) is 0 Å². The summed E-state index contributed by atoms with van der Waals surface area (Å²) in [6, 6.07) is 9.13. The Morgan fingerprint density at radius 3 is 2.48 bits per heavy atom. The molecule has 1 atom stereocenters. The van der Waals surface area contributed by atoms with E-state index >= 15 is 0 Å². The van der Waals surface area contributed by atoms with E-state index in [2.05, 4.69) is 35.8 Å². The van der Waals surface area contributed by atoms with Crippen molar-refractivity contribution in [2.75, 3.05) is 25.7 Å². The van der Waals surface area contributed by atoms with Crippen LogP contribution in [-0.4, -0.2) is 25.7 Å². The normalized spacial score (nSPS) is 15.9. The molecule has 2 rings (SSSR count). The summed E-state index contributed by atoms with van der Waals surface area (Å²) >= 11 is 1.96. The van der Waals surface area contributed by atoms with Crippen molar-refractivity contribution in [1.82, 2.24) is 5.32 Å². The second kappa shape index (κ2) is 9.37. The molecule has 1 unspecified atom stereocenters. The zero-order valence-electron chi connectivity index (χ0n) is 13.4. The van der Waals surface area contributed by atoms with Crippen LogP contribution in [0.15, 0.2) is 24.3 Å². The molecule has 2 nitrogen and oxygen atoms in total. The Morgan fingerprint density at radius 2 is 1.86 bits per heavy atom. The Hall–Kier alpha value is -0.670. The van der Waals surface area contributed by atoms with Gasteiger partial charge in [0.15, 0.2) is 0 Å². The lowest BCUT2D eigenvalue weighted by Crippen LogP contribution is -2.24. The highest BCUT2D eigenvalue weighted by molar-refractivity contribution is 7.98. The topological polar surface area (TPSA) is 21.3 Å². The maximum atomic E-state index is 5.25. The number of hydrogen-bond acceptors (Lipinski definition) is 3. The molecule has 0 heterocycles. The third kappa shape index (κ3) is 5.91. The first kappa shape index (κ1) is 16.7. The number of rotatable bonds is 11. The van der Waals surface area contributed by atoms with Gasteiger partial charge in [0.1, 0.15) is 5.75 Å². The second-order valence-corrected chi connectivity index (χ2v) is 6.93. The Morgan fingerprint density at radius 1 is 1.14 bits per heavy atom. The quantitative estimate of drug-likeness (QED) is 0.601. The van der Waals surface area contributed by atoms with Crippen LogP contribution in [0, 0.1) is 5.92 Å². The summed E-state index contributed by atoms with van der Waals surface area (Å²) in [6.07, 6.45) is 10.3. The molecule has 1 aromatic carbocycles. The highest BCUT2D eigenvalue weighted by Crippen LogP contribution is 2.41. The third-order valence-corrected chi connectivity index (χ3v) is 4.90. The summed E-state index contributed by atoms with van der Waals surface area (Å²) in [5, 5.41) is 3.78. The molecular weight excluding hydrogens is 278 g/mol. The van der Waals surface area contributed by atoms with Crippen molar-refractivity contribution in [2.45, 2.75) is 44.6 Å². The van der Waals surface area contributed by atoms with Crippen molar-refractivity contribution >= 4 is 11.8 Å². The van der Waals surface area contributed by atoms with Gasteiger partial charge in [-0.2, -0.15) is 11.8 Å². The van der Waals surface area contributed by atoms with E-state index in [-0.39, 0.29) is 0 Å². The van der Waals surface area contributed by atoms with Gasteiger partial charge in [-0.25, -0.2) is 0 Å². The van der Waals surface area contributed by atoms with E-state index in [1.165, 1.54) is 49.8 Å². The number of nitrogens with one attached hydrogen (secondary N) is 1. The zero-order valence-corrected chi connectivity index (χ0v) is 14.3. The van der Waals surface area contributed by atoms with Crippen LogP contribution in [-0.2, 0) is 0 Å². The van der Waals surface area contributed by atoms with Crippen LogP contribution >= 0.6 is 11.8 Å². The predicted molar refractivity (Wildman–Crippen MR) is 93.3 cm³/mol. The molecule has 118 valence electrons. The fourth-order valence-electron chi connectivity index (χ4n) is 2.78. The lowest BCUT2D eigenvalue weighted by molar-refractivity contribution is 0.413. The summed E-state index contributed by atoms with van der Waals surface area (Å²) in [5.41, 5.74) is 1.42. The number of ether oxygens (including phenoxy) is 1. The molecule has 21 heavy (non-hydrogen) atoms. The number of methoxy groups -OCH3 is 1. The molecule has 1 fully saturated rings. The van der Waals surface area contributed by atoms with Gasteiger partial charge in [-0.3, -0.25) is 0 Å². The van der Waals surface area contributed by atoms with E-state index in [1.807, 2.05) is 11.8 Å². The van der Waals surface area contributed by atoms with Crippen LogP contribution in [0.1, 0.15) is 50.1 Å². The van der Waals surface area contributed by atoms with Crippen molar-refractivity contribution < 1.29 is 4.74 Å². The van der Waals surface area contributed by atoms with E-state index < -0.39 is 0 Å². The monoisotopic (exact) mass is 307 g/mol. The highest BCUT2D eigenvalue weighted by atomic mass is 32.2. The maximum Gasteiger partial charge on any atom is 0.118 e. The average molecular weight is 308 g/mol. The molecule has 0 bridgehead atoms. The first-order valence-corrected chi connectivity index (χ1v) is 9.61. The molecule has 0 aliphatic heterocycles. The fraction of sp³-hybridized carbons (Fsp3) is 0.667. The van der Waals surface area contributed by atoms with E-state index in [9.17, 15) is 0 Å². The summed E-state index contributed by atoms with van der Waals surface area (Å²) in [7, 11) is 1.72. The largest absolute Gasteiger partial charge is 0.497 e. The second-order valence-electron chi connectivity index (χ2n) is 5.95. The summed E-state index contributed by atoms with van der Waals surface area (Å²) in [6.45, 7) is 1.15. The van der Waals surface area contributed by atoms with Crippen molar-refractivity contribution in [2.24, 2.45) is 5.92 Å². The van der Waals surface area contributed by atoms with Gasteiger partial charge in [-0.05, 0) is 67.9 Å². The minimum atomic E-state index is 0.544. The molecule has 1 aliphatic rings. The molecular formula is C18H29NOS. The van der Waals surface area contributed by atoms with Gasteiger partial charge in [0.05, 0.1) is 7.11 Å². The molecule has 0 radical (unpaired) electrons. The number of thioether (sulfide) groups is 1. The third-order valence-electron chi connectivity index (χ3n) is 4.21. The van der Waals surface area contributed by atoms with Crippen LogP contribution < -0.4 is 10.1 Å². The van der Waals surface area contributed by atoms with Gasteiger partial charge < -0.3 is 10.1 Å². The van der Waals surface area contributed by atoms with E-state index in [4.69, 9.17) is 4.74 Å². The molecule has 0 amide bonds. The standard InChI is InChI=1S/C18H29NOS/c1-20-17-11-9-16(10-12-17)18(15-7-8-15)19-13-5-3-4-6-14-21-2/h9-12,15,18-19H,3-8,13-14H2,1-2H3. The van der Waals surface area contributed by atoms with Crippen molar-refractivity contribution in [1.29, 1.82) is 0 Å². The Bertz CT molecular complexity index is 389.